The minimum Gasteiger partial charge on any atom is -0.383 e. The van der Waals surface area contributed by atoms with Crippen molar-refractivity contribution in [3.63, 3.8) is 0 Å². The molecule has 0 fully saturated rings. The van der Waals surface area contributed by atoms with Gasteiger partial charge in [-0.3, -0.25) is 0 Å². The number of nitrogen functional groups attached to an aromatic ring is 1. The van der Waals surface area contributed by atoms with Crippen molar-refractivity contribution < 1.29 is 0 Å². The predicted molar refractivity (Wildman–Crippen MR) is 84.2 cm³/mol. The summed E-state index contributed by atoms with van der Waals surface area (Å²) in [4.78, 5) is 10.8. The van der Waals surface area contributed by atoms with Crippen LogP contribution in [0.2, 0.25) is 5.02 Å². The molecule has 0 aliphatic heterocycles. The molecule has 1 aromatic heterocycles. The lowest BCUT2D eigenvalue weighted by molar-refractivity contribution is 0.722. The molecule has 1 atom stereocenters. The van der Waals surface area contributed by atoms with Gasteiger partial charge in [-0.25, -0.2) is 9.97 Å². The van der Waals surface area contributed by atoms with E-state index in [-0.39, 0.29) is 6.04 Å². The molecule has 106 valence electrons. The summed E-state index contributed by atoms with van der Waals surface area (Å²) in [7, 11) is 2.00. The number of nitrogens with two attached hydrogens (primary N) is 1. The first kappa shape index (κ1) is 14.6. The molecular formula is C15H19ClN4. The largest absolute Gasteiger partial charge is 0.383 e. The second-order valence-corrected chi connectivity index (χ2v) is 5.38. The lowest BCUT2D eigenvalue weighted by atomic mass is 10.1. The van der Waals surface area contributed by atoms with Crippen LogP contribution in [0.1, 0.15) is 29.9 Å². The van der Waals surface area contributed by atoms with E-state index < -0.39 is 0 Å². The summed E-state index contributed by atoms with van der Waals surface area (Å²) in [6.07, 6.45) is 0. The molecule has 0 aliphatic rings. The molecule has 0 aliphatic carbocycles. The van der Waals surface area contributed by atoms with Gasteiger partial charge in [-0.15, -0.1) is 0 Å². The standard InChI is InChI=1S/C15H19ClN4/c1-9-14(17)18-11(3)19-15(9)20(4)10(2)12-6-5-7-13(16)8-12/h5-8,10H,1-4H3,(H2,17,18,19). The highest BCUT2D eigenvalue weighted by Crippen LogP contribution is 2.29. The molecule has 0 amide bonds. The molecule has 2 rings (SSSR count). The number of aryl methyl sites for hydroxylation is 1. The van der Waals surface area contributed by atoms with Gasteiger partial charge in [0.15, 0.2) is 0 Å². The number of rotatable bonds is 3. The first-order valence-electron chi connectivity index (χ1n) is 6.49. The molecule has 0 radical (unpaired) electrons. The maximum atomic E-state index is 6.06. The summed E-state index contributed by atoms with van der Waals surface area (Å²) in [5.74, 6) is 2.05. The number of aromatic nitrogens is 2. The van der Waals surface area contributed by atoms with Crippen molar-refractivity contribution in [2.45, 2.75) is 26.8 Å². The van der Waals surface area contributed by atoms with Crippen molar-refractivity contribution in [3.8, 4) is 0 Å². The summed E-state index contributed by atoms with van der Waals surface area (Å²) in [6, 6.07) is 7.99. The Hall–Kier alpha value is -1.81. The van der Waals surface area contributed by atoms with Crippen LogP contribution in [0.3, 0.4) is 0 Å². The number of halogens is 1. The van der Waals surface area contributed by atoms with Gasteiger partial charge in [-0.1, -0.05) is 23.7 Å². The quantitative estimate of drug-likeness (QED) is 0.939. The topological polar surface area (TPSA) is 55.0 Å². The fourth-order valence-corrected chi connectivity index (χ4v) is 2.35. The van der Waals surface area contributed by atoms with Gasteiger partial charge < -0.3 is 10.6 Å². The molecular weight excluding hydrogens is 272 g/mol. The molecule has 2 aromatic rings. The van der Waals surface area contributed by atoms with E-state index >= 15 is 0 Å². The Kier molecular flexibility index (Phi) is 4.14. The van der Waals surface area contributed by atoms with Gasteiger partial charge in [0, 0.05) is 17.6 Å². The average Bonchev–Trinajstić information content (AvgIpc) is 2.41. The third-order valence-electron chi connectivity index (χ3n) is 3.52. The van der Waals surface area contributed by atoms with Gasteiger partial charge >= 0.3 is 0 Å². The van der Waals surface area contributed by atoms with Crippen molar-refractivity contribution in [3.05, 3.63) is 46.2 Å². The molecule has 20 heavy (non-hydrogen) atoms. The van der Waals surface area contributed by atoms with E-state index in [1.165, 1.54) is 0 Å². The van der Waals surface area contributed by atoms with Crippen LogP contribution in [0.5, 0.6) is 0 Å². The number of hydrogen-bond donors (Lipinski definition) is 1. The molecule has 1 unspecified atom stereocenters. The van der Waals surface area contributed by atoms with Crippen LogP contribution in [-0.4, -0.2) is 17.0 Å². The van der Waals surface area contributed by atoms with E-state index in [2.05, 4.69) is 27.9 Å². The smallest absolute Gasteiger partial charge is 0.137 e. The third-order valence-corrected chi connectivity index (χ3v) is 3.75. The number of nitrogens with zero attached hydrogens (tertiary/aromatic N) is 3. The number of hydrogen-bond acceptors (Lipinski definition) is 4. The Bertz CT molecular complexity index is 627. The molecule has 0 saturated carbocycles. The molecule has 2 N–H and O–H groups in total. The molecule has 0 saturated heterocycles. The molecule has 1 heterocycles. The highest BCUT2D eigenvalue weighted by Gasteiger charge is 2.17. The Morgan fingerprint density at radius 2 is 1.95 bits per heavy atom. The van der Waals surface area contributed by atoms with Gasteiger partial charge in [0.2, 0.25) is 0 Å². The van der Waals surface area contributed by atoms with E-state index in [0.29, 0.717) is 11.6 Å². The maximum absolute atomic E-state index is 6.06. The van der Waals surface area contributed by atoms with Crippen LogP contribution < -0.4 is 10.6 Å². The van der Waals surface area contributed by atoms with E-state index in [4.69, 9.17) is 17.3 Å². The van der Waals surface area contributed by atoms with Crippen LogP contribution in [0.25, 0.3) is 0 Å². The van der Waals surface area contributed by atoms with Crippen LogP contribution in [0, 0.1) is 13.8 Å². The van der Waals surface area contributed by atoms with Crippen LogP contribution in [-0.2, 0) is 0 Å². The van der Waals surface area contributed by atoms with Gasteiger partial charge in [-0.05, 0) is 38.5 Å². The van der Waals surface area contributed by atoms with Crippen molar-refractivity contribution in [1.82, 2.24) is 9.97 Å². The summed E-state index contributed by atoms with van der Waals surface area (Å²) in [5, 5.41) is 0.734. The molecule has 1 aromatic carbocycles. The van der Waals surface area contributed by atoms with Crippen molar-refractivity contribution in [1.29, 1.82) is 0 Å². The SMILES string of the molecule is Cc1nc(N)c(C)c(N(C)C(C)c2cccc(Cl)c2)n1. The Balaban J connectivity index is 2.38. The van der Waals surface area contributed by atoms with Gasteiger partial charge in [0.05, 0.1) is 6.04 Å². The minimum absolute atomic E-state index is 0.140. The molecule has 5 heteroatoms. The third kappa shape index (κ3) is 2.85. The van der Waals surface area contributed by atoms with Crippen molar-refractivity contribution in [2.75, 3.05) is 17.7 Å². The molecule has 0 spiro atoms. The minimum atomic E-state index is 0.140. The normalized spacial score (nSPS) is 12.2. The Morgan fingerprint density at radius 1 is 1.25 bits per heavy atom. The fourth-order valence-electron chi connectivity index (χ4n) is 2.15. The maximum Gasteiger partial charge on any atom is 0.137 e. The zero-order valence-corrected chi connectivity index (χ0v) is 12.9. The predicted octanol–water partition coefficient (Wildman–Crippen LogP) is 3.53. The van der Waals surface area contributed by atoms with E-state index in [1.807, 2.05) is 39.1 Å². The number of benzene rings is 1. The second-order valence-electron chi connectivity index (χ2n) is 4.95. The summed E-state index contributed by atoms with van der Waals surface area (Å²) in [5.41, 5.74) is 7.95. The van der Waals surface area contributed by atoms with Crippen molar-refractivity contribution >= 4 is 23.2 Å². The second kappa shape index (κ2) is 5.67. The average molecular weight is 291 g/mol. The highest BCUT2D eigenvalue weighted by atomic mass is 35.5. The van der Waals surface area contributed by atoms with E-state index in [9.17, 15) is 0 Å². The zero-order valence-electron chi connectivity index (χ0n) is 12.2. The first-order valence-corrected chi connectivity index (χ1v) is 6.87. The van der Waals surface area contributed by atoms with Gasteiger partial charge in [0.1, 0.15) is 17.5 Å². The fraction of sp³-hybridized carbons (Fsp3) is 0.333. The Morgan fingerprint density at radius 3 is 2.60 bits per heavy atom. The monoisotopic (exact) mass is 290 g/mol. The van der Waals surface area contributed by atoms with E-state index in [0.717, 1.165) is 22.0 Å². The lowest BCUT2D eigenvalue weighted by Gasteiger charge is -2.28. The molecule has 4 nitrogen and oxygen atoms in total. The van der Waals surface area contributed by atoms with Crippen LogP contribution in [0.4, 0.5) is 11.6 Å². The highest BCUT2D eigenvalue weighted by molar-refractivity contribution is 6.30. The zero-order chi connectivity index (χ0) is 14.9. The first-order chi connectivity index (χ1) is 9.40. The van der Waals surface area contributed by atoms with Crippen molar-refractivity contribution in [2.24, 2.45) is 0 Å². The van der Waals surface area contributed by atoms with Crippen LogP contribution in [0.15, 0.2) is 24.3 Å². The lowest BCUT2D eigenvalue weighted by Crippen LogP contribution is -2.24. The molecule has 0 bridgehead atoms. The van der Waals surface area contributed by atoms with Crippen LogP contribution >= 0.6 is 11.6 Å². The van der Waals surface area contributed by atoms with Gasteiger partial charge in [0.25, 0.3) is 0 Å². The van der Waals surface area contributed by atoms with Gasteiger partial charge in [-0.2, -0.15) is 0 Å². The summed E-state index contributed by atoms with van der Waals surface area (Å²) < 4.78 is 0. The summed E-state index contributed by atoms with van der Waals surface area (Å²) in [6.45, 7) is 5.89. The Labute approximate surface area is 124 Å². The van der Waals surface area contributed by atoms with E-state index in [1.54, 1.807) is 0 Å². The summed E-state index contributed by atoms with van der Waals surface area (Å²) >= 11 is 6.06. The number of anilines is 2.